The Morgan fingerprint density at radius 1 is 0.737 bits per heavy atom. The molecule has 112 valence electrons. The summed E-state index contributed by atoms with van der Waals surface area (Å²) < 4.78 is 9.77. The third-order valence-electron chi connectivity index (χ3n) is 2.88. The van der Waals surface area contributed by atoms with Gasteiger partial charge in [0.05, 0.1) is 0 Å². The first-order chi connectivity index (χ1) is 9.20. The van der Waals surface area contributed by atoms with Crippen molar-refractivity contribution in [2.75, 3.05) is 13.2 Å². The van der Waals surface area contributed by atoms with Crippen molar-refractivity contribution in [3.8, 4) is 0 Å². The summed E-state index contributed by atoms with van der Waals surface area (Å²) in [5, 5.41) is 0. The van der Waals surface area contributed by atoms with E-state index in [0.29, 0.717) is 12.8 Å². The van der Waals surface area contributed by atoms with Crippen LogP contribution in [0.1, 0.15) is 71.6 Å². The highest BCUT2D eigenvalue weighted by molar-refractivity contribution is 5.69. The lowest BCUT2D eigenvalue weighted by Gasteiger charge is -2.05. The fourth-order valence-corrected chi connectivity index (χ4v) is 1.71. The van der Waals surface area contributed by atoms with Gasteiger partial charge in [0, 0.05) is 12.8 Å². The zero-order chi connectivity index (χ0) is 14.3. The summed E-state index contributed by atoms with van der Waals surface area (Å²) in [6.45, 7) is 4.26. The van der Waals surface area contributed by atoms with Crippen molar-refractivity contribution >= 4 is 11.9 Å². The van der Waals surface area contributed by atoms with Gasteiger partial charge >= 0.3 is 11.9 Å². The van der Waals surface area contributed by atoms with Gasteiger partial charge in [-0.25, -0.2) is 0 Å². The molecule has 19 heavy (non-hydrogen) atoms. The Labute approximate surface area is 116 Å². The summed E-state index contributed by atoms with van der Waals surface area (Å²) >= 11 is 0. The van der Waals surface area contributed by atoms with Crippen molar-refractivity contribution in [3.63, 3.8) is 0 Å². The maximum Gasteiger partial charge on any atom is 0.305 e. The highest BCUT2D eigenvalue weighted by Crippen LogP contribution is 2.08. The predicted molar refractivity (Wildman–Crippen MR) is 74.8 cm³/mol. The van der Waals surface area contributed by atoms with Crippen LogP contribution in [0.25, 0.3) is 0 Å². The second-order valence-electron chi connectivity index (χ2n) is 4.67. The average molecular weight is 272 g/mol. The van der Waals surface area contributed by atoms with E-state index < -0.39 is 0 Å². The van der Waals surface area contributed by atoms with Gasteiger partial charge in [-0.2, -0.15) is 0 Å². The minimum absolute atomic E-state index is 0.162. The van der Waals surface area contributed by atoms with Crippen LogP contribution in [0.15, 0.2) is 0 Å². The first-order valence-corrected chi connectivity index (χ1v) is 7.52. The lowest BCUT2D eigenvalue weighted by Crippen LogP contribution is -2.13. The number of hydrogen-bond acceptors (Lipinski definition) is 4. The molecule has 0 rings (SSSR count). The molecule has 0 radical (unpaired) electrons. The molecule has 0 N–H and O–H groups in total. The van der Waals surface area contributed by atoms with Crippen LogP contribution in [0.4, 0.5) is 0 Å². The van der Waals surface area contributed by atoms with Crippen molar-refractivity contribution in [3.05, 3.63) is 0 Å². The Kier molecular flexibility index (Phi) is 12.6. The van der Waals surface area contributed by atoms with Crippen LogP contribution in [0.3, 0.4) is 0 Å². The molecule has 0 aliphatic rings. The molecule has 0 saturated heterocycles. The minimum atomic E-state index is -0.261. The monoisotopic (exact) mass is 272 g/mol. The maximum atomic E-state index is 11.3. The topological polar surface area (TPSA) is 52.6 Å². The quantitative estimate of drug-likeness (QED) is 0.402. The van der Waals surface area contributed by atoms with Crippen LogP contribution in [-0.4, -0.2) is 25.2 Å². The predicted octanol–water partition coefficient (Wildman–Crippen LogP) is 3.62. The summed E-state index contributed by atoms with van der Waals surface area (Å²) in [5.41, 5.74) is 0. The fraction of sp³-hybridized carbons (Fsp3) is 0.867. The highest BCUT2D eigenvalue weighted by Gasteiger charge is 2.03. The molecule has 0 aliphatic carbocycles. The number of carbonyl (C=O) groups excluding carboxylic acids is 2. The molecule has 0 atom stereocenters. The maximum absolute atomic E-state index is 11.3. The molecule has 0 bridgehead atoms. The lowest BCUT2D eigenvalue weighted by molar-refractivity contribution is -0.152. The van der Waals surface area contributed by atoms with Gasteiger partial charge < -0.3 is 9.47 Å². The molecular weight excluding hydrogens is 244 g/mol. The molecule has 0 aliphatic heterocycles. The standard InChI is InChI=1S/C15H28O4/c1-3-5-6-7-8-9-10-11-15(17)19-13-12-18-14(16)4-2/h3-13H2,1-2H3. The first-order valence-electron chi connectivity index (χ1n) is 7.52. The number of hydrogen-bond donors (Lipinski definition) is 0. The second kappa shape index (κ2) is 13.4. The van der Waals surface area contributed by atoms with Gasteiger partial charge in [0.1, 0.15) is 13.2 Å². The van der Waals surface area contributed by atoms with Gasteiger partial charge in [0.25, 0.3) is 0 Å². The summed E-state index contributed by atoms with van der Waals surface area (Å²) in [6.07, 6.45) is 9.11. The largest absolute Gasteiger partial charge is 0.462 e. The van der Waals surface area contributed by atoms with E-state index in [1.807, 2.05) is 0 Å². The van der Waals surface area contributed by atoms with E-state index in [0.717, 1.165) is 12.8 Å². The molecule has 0 unspecified atom stereocenters. The second-order valence-corrected chi connectivity index (χ2v) is 4.67. The van der Waals surface area contributed by atoms with Crippen LogP contribution in [0.2, 0.25) is 0 Å². The zero-order valence-electron chi connectivity index (χ0n) is 12.4. The molecule has 0 aromatic heterocycles. The van der Waals surface area contributed by atoms with Crippen LogP contribution in [0.5, 0.6) is 0 Å². The van der Waals surface area contributed by atoms with Gasteiger partial charge in [0.2, 0.25) is 0 Å². The third kappa shape index (κ3) is 13.2. The average Bonchev–Trinajstić information content (AvgIpc) is 2.42. The van der Waals surface area contributed by atoms with E-state index in [9.17, 15) is 9.59 Å². The van der Waals surface area contributed by atoms with Crippen LogP contribution >= 0.6 is 0 Å². The van der Waals surface area contributed by atoms with Crippen LogP contribution < -0.4 is 0 Å². The molecular formula is C15H28O4. The van der Waals surface area contributed by atoms with Crippen LogP contribution in [0, 0.1) is 0 Å². The Balaban J connectivity index is 3.23. The van der Waals surface area contributed by atoms with E-state index in [4.69, 9.17) is 9.47 Å². The minimum Gasteiger partial charge on any atom is -0.462 e. The molecule has 0 heterocycles. The summed E-state index contributed by atoms with van der Waals surface area (Å²) in [4.78, 5) is 22.1. The van der Waals surface area contributed by atoms with Crippen molar-refractivity contribution in [2.24, 2.45) is 0 Å². The van der Waals surface area contributed by atoms with E-state index >= 15 is 0 Å². The van der Waals surface area contributed by atoms with Gasteiger partial charge in [-0.05, 0) is 6.42 Å². The van der Waals surface area contributed by atoms with E-state index in [1.165, 1.54) is 32.1 Å². The molecule has 4 heteroatoms. The van der Waals surface area contributed by atoms with Crippen molar-refractivity contribution < 1.29 is 19.1 Å². The van der Waals surface area contributed by atoms with Crippen molar-refractivity contribution in [1.29, 1.82) is 0 Å². The third-order valence-corrected chi connectivity index (χ3v) is 2.88. The van der Waals surface area contributed by atoms with Crippen molar-refractivity contribution in [2.45, 2.75) is 71.6 Å². The Morgan fingerprint density at radius 3 is 1.84 bits per heavy atom. The Hall–Kier alpha value is -1.06. The van der Waals surface area contributed by atoms with Crippen molar-refractivity contribution in [1.82, 2.24) is 0 Å². The molecule has 0 saturated carbocycles. The number of unbranched alkanes of at least 4 members (excludes halogenated alkanes) is 6. The van der Waals surface area contributed by atoms with Gasteiger partial charge in [0.15, 0.2) is 0 Å². The summed E-state index contributed by atoms with van der Waals surface area (Å²) in [7, 11) is 0. The van der Waals surface area contributed by atoms with Gasteiger partial charge in [-0.15, -0.1) is 0 Å². The molecule has 0 aromatic rings. The molecule has 0 fully saturated rings. The van der Waals surface area contributed by atoms with Gasteiger partial charge in [-0.1, -0.05) is 52.4 Å². The van der Waals surface area contributed by atoms with Crippen LogP contribution in [-0.2, 0) is 19.1 Å². The number of ether oxygens (including phenoxy) is 2. The lowest BCUT2D eigenvalue weighted by atomic mass is 10.1. The number of rotatable bonds is 12. The molecule has 0 aromatic carbocycles. The number of carbonyl (C=O) groups is 2. The summed E-state index contributed by atoms with van der Waals surface area (Å²) in [5.74, 6) is -0.454. The highest BCUT2D eigenvalue weighted by atomic mass is 16.6. The normalized spacial score (nSPS) is 10.2. The molecule has 4 nitrogen and oxygen atoms in total. The number of esters is 2. The fourth-order valence-electron chi connectivity index (χ4n) is 1.71. The molecule has 0 spiro atoms. The van der Waals surface area contributed by atoms with Gasteiger partial charge in [-0.3, -0.25) is 9.59 Å². The first kappa shape index (κ1) is 17.9. The summed E-state index contributed by atoms with van der Waals surface area (Å²) in [6, 6.07) is 0. The van der Waals surface area contributed by atoms with E-state index in [2.05, 4.69) is 6.92 Å². The van der Waals surface area contributed by atoms with E-state index in [-0.39, 0.29) is 25.2 Å². The Bertz CT molecular complexity index is 238. The van der Waals surface area contributed by atoms with E-state index in [1.54, 1.807) is 6.92 Å². The smallest absolute Gasteiger partial charge is 0.305 e. The molecule has 0 amide bonds. The SMILES string of the molecule is CCCCCCCCCC(=O)OCCOC(=O)CC. The Morgan fingerprint density at radius 2 is 1.26 bits per heavy atom. The zero-order valence-corrected chi connectivity index (χ0v) is 12.4.